The molecule has 6 nitrogen and oxygen atoms in total. The third-order valence-corrected chi connectivity index (χ3v) is 6.39. The molecule has 0 spiro atoms. The van der Waals surface area contributed by atoms with Crippen LogP contribution < -0.4 is 19.5 Å². The fourth-order valence-corrected chi connectivity index (χ4v) is 4.53. The van der Waals surface area contributed by atoms with Crippen LogP contribution in [0.15, 0.2) is 72.9 Å². The highest BCUT2D eigenvalue weighted by atomic mass is 16.5. The molecule has 0 unspecified atom stereocenters. The molecule has 4 rings (SSSR count). The van der Waals surface area contributed by atoms with Crippen LogP contribution in [0.4, 0.5) is 0 Å². The van der Waals surface area contributed by atoms with Crippen molar-refractivity contribution in [1.29, 1.82) is 0 Å². The van der Waals surface area contributed by atoms with Gasteiger partial charge in [0.2, 0.25) is 5.91 Å². The molecule has 6 heteroatoms. The second-order valence-electron chi connectivity index (χ2n) is 8.53. The van der Waals surface area contributed by atoms with Crippen LogP contribution in [0, 0.1) is 0 Å². The molecular formula is C29H32N2O4. The molecule has 0 saturated heterocycles. The van der Waals surface area contributed by atoms with Gasteiger partial charge in [0, 0.05) is 43.0 Å². The van der Waals surface area contributed by atoms with Gasteiger partial charge in [0.05, 0.1) is 21.3 Å². The Kier molecular flexibility index (Phi) is 7.60. The van der Waals surface area contributed by atoms with Crippen molar-refractivity contribution in [3.8, 4) is 17.2 Å². The summed E-state index contributed by atoms with van der Waals surface area (Å²) in [4.78, 5) is 13.1. The van der Waals surface area contributed by atoms with E-state index in [-0.39, 0.29) is 11.8 Å². The van der Waals surface area contributed by atoms with Crippen LogP contribution >= 0.6 is 0 Å². The highest BCUT2D eigenvalue weighted by Gasteiger charge is 2.22. The van der Waals surface area contributed by atoms with Crippen LogP contribution in [0.2, 0.25) is 0 Å². The minimum absolute atomic E-state index is 0.0132. The Bertz CT molecular complexity index is 1290. The van der Waals surface area contributed by atoms with Crippen LogP contribution in [0.1, 0.15) is 29.0 Å². The van der Waals surface area contributed by atoms with E-state index < -0.39 is 0 Å². The zero-order chi connectivity index (χ0) is 24.8. The number of ether oxygens (including phenoxy) is 3. The van der Waals surface area contributed by atoms with Gasteiger partial charge < -0.3 is 24.1 Å². The molecule has 0 bridgehead atoms. The quantitative estimate of drug-likeness (QED) is 0.349. The molecular weight excluding hydrogens is 440 g/mol. The predicted octanol–water partition coefficient (Wildman–Crippen LogP) is 5.09. The van der Waals surface area contributed by atoms with Crippen molar-refractivity contribution < 1.29 is 19.0 Å². The summed E-state index contributed by atoms with van der Waals surface area (Å²) in [5.41, 5.74) is 4.44. The van der Waals surface area contributed by atoms with Crippen LogP contribution in [-0.4, -0.2) is 38.3 Å². The number of aromatic nitrogens is 1. The van der Waals surface area contributed by atoms with Crippen LogP contribution in [0.3, 0.4) is 0 Å². The number of nitrogens with zero attached hydrogens (tertiary/aromatic N) is 1. The number of methoxy groups -OCH3 is 3. The van der Waals surface area contributed by atoms with Gasteiger partial charge in [-0.25, -0.2) is 0 Å². The number of amides is 1. The van der Waals surface area contributed by atoms with Gasteiger partial charge in [0.25, 0.3) is 0 Å². The molecule has 0 fully saturated rings. The standard InChI is InChI=1S/C29H32N2O4/c1-31-19-25(23-7-5-6-8-26(23)31)24(21-10-12-22(33-2)13-11-21)18-29(32)30-16-15-20-9-14-27(34-3)28(17-20)35-4/h5-14,17,19,24H,15-16,18H2,1-4H3,(H,30,32)/t24-/m0/s1. The van der Waals surface area contributed by atoms with E-state index in [1.54, 1.807) is 21.3 Å². The molecule has 1 amide bonds. The first-order valence-electron chi connectivity index (χ1n) is 11.7. The summed E-state index contributed by atoms with van der Waals surface area (Å²) < 4.78 is 18.1. The fraction of sp³-hybridized carbons (Fsp3) is 0.276. The van der Waals surface area contributed by atoms with Gasteiger partial charge in [-0.15, -0.1) is 0 Å². The SMILES string of the molecule is COc1ccc([C@H](CC(=O)NCCc2ccc(OC)c(OC)c2)c2cn(C)c3ccccc23)cc1. The van der Waals surface area contributed by atoms with E-state index in [9.17, 15) is 4.79 Å². The number of aryl methyl sites for hydroxylation is 1. The molecule has 0 radical (unpaired) electrons. The third-order valence-electron chi connectivity index (χ3n) is 6.39. The highest BCUT2D eigenvalue weighted by Crippen LogP contribution is 2.35. The minimum Gasteiger partial charge on any atom is -0.497 e. The molecule has 35 heavy (non-hydrogen) atoms. The van der Waals surface area contributed by atoms with E-state index >= 15 is 0 Å². The summed E-state index contributed by atoms with van der Waals surface area (Å²) in [7, 11) is 6.94. The monoisotopic (exact) mass is 472 g/mol. The van der Waals surface area contributed by atoms with Crippen molar-refractivity contribution in [2.75, 3.05) is 27.9 Å². The predicted molar refractivity (Wildman–Crippen MR) is 139 cm³/mol. The number of rotatable bonds is 10. The van der Waals surface area contributed by atoms with Crippen molar-refractivity contribution in [2.45, 2.75) is 18.8 Å². The Balaban J connectivity index is 1.51. The van der Waals surface area contributed by atoms with Crippen molar-refractivity contribution in [3.05, 3.63) is 89.6 Å². The summed E-state index contributed by atoms with van der Waals surface area (Å²) in [6, 6.07) is 22.1. The molecule has 182 valence electrons. The van der Waals surface area contributed by atoms with Gasteiger partial charge >= 0.3 is 0 Å². The van der Waals surface area contributed by atoms with E-state index in [4.69, 9.17) is 14.2 Å². The number of carbonyl (C=O) groups excluding carboxylic acids is 1. The van der Waals surface area contributed by atoms with E-state index in [0.29, 0.717) is 30.9 Å². The zero-order valence-corrected chi connectivity index (χ0v) is 20.7. The lowest BCUT2D eigenvalue weighted by atomic mass is 9.88. The fourth-order valence-electron chi connectivity index (χ4n) is 4.53. The first kappa shape index (κ1) is 24.2. The maximum Gasteiger partial charge on any atom is 0.220 e. The van der Waals surface area contributed by atoms with E-state index in [0.717, 1.165) is 33.3 Å². The minimum atomic E-state index is -0.0758. The maximum absolute atomic E-state index is 13.1. The third kappa shape index (κ3) is 5.43. The Hall–Kier alpha value is -3.93. The maximum atomic E-state index is 13.1. The van der Waals surface area contributed by atoms with Crippen molar-refractivity contribution >= 4 is 16.8 Å². The van der Waals surface area contributed by atoms with E-state index in [1.807, 2.05) is 61.6 Å². The highest BCUT2D eigenvalue weighted by molar-refractivity contribution is 5.86. The van der Waals surface area contributed by atoms with Crippen LogP contribution in [0.5, 0.6) is 17.2 Å². The van der Waals surface area contributed by atoms with E-state index in [2.05, 4.69) is 28.2 Å². The summed E-state index contributed by atoms with van der Waals surface area (Å²) in [5, 5.41) is 4.26. The Morgan fingerprint density at radius 1 is 0.914 bits per heavy atom. The normalized spacial score (nSPS) is 11.8. The lowest BCUT2D eigenvalue weighted by Crippen LogP contribution is -2.27. The van der Waals surface area contributed by atoms with Gasteiger partial charge in [-0.05, 0) is 53.4 Å². The van der Waals surface area contributed by atoms with Crippen molar-refractivity contribution in [1.82, 2.24) is 9.88 Å². The average Bonchev–Trinajstić information content (AvgIpc) is 3.23. The first-order chi connectivity index (χ1) is 17.0. The molecule has 0 aliphatic carbocycles. The van der Waals surface area contributed by atoms with Gasteiger partial charge in [-0.2, -0.15) is 0 Å². The number of hydrogen-bond acceptors (Lipinski definition) is 4. The smallest absolute Gasteiger partial charge is 0.220 e. The number of para-hydroxylation sites is 1. The average molecular weight is 473 g/mol. The molecule has 3 aromatic carbocycles. The Labute approximate surface area is 206 Å². The second kappa shape index (κ2) is 11.0. The molecule has 1 aromatic heterocycles. The Morgan fingerprint density at radius 3 is 2.37 bits per heavy atom. The van der Waals surface area contributed by atoms with Gasteiger partial charge in [-0.1, -0.05) is 36.4 Å². The summed E-state index contributed by atoms with van der Waals surface area (Å²) in [6.07, 6.45) is 3.19. The van der Waals surface area contributed by atoms with Crippen LogP contribution in [-0.2, 0) is 18.3 Å². The molecule has 0 aliphatic heterocycles. The van der Waals surface area contributed by atoms with Crippen LogP contribution in [0.25, 0.3) is 10.9 Å². The molecule has 1 atom stereocenters. The molecule has 0 saturated carbocycles. The summed E-state index contributed by atoms with van der Waals surface area (Å²) in [6.45, 7) is 0.541. The lowest BCUT2D eigenvalue weighted by molar-refractivity contribution is -0.121. The molecule has 1 N–H and O–H groups in total. The first-order valence-corrected chi connectivity index (χ1v) is 11.7. The van der Waals surface area contributed by atoms with Crippen molar-refractivity contribution in [3.63, 3.8) is 0 Å². The number of benzene rings is 3. The van der Waals surface area contributed by atoms with Gasteiger partial charge in [-0.3, -0.25) is 4.79 Å². The van der Waals surface area contributed by atoms with Gasteiger partial charge in [0.15, 0.2) is 11.5 Å². The largest absolute Gasteiger partial charge is 0.497 e. The molecule has 1 heterocycles. The summed E-state index contributed by atoms with van der Waals surface area (Å²) >= 11 is 0. The number of hydrogen-bond donors (Lipinski definition) is 1. The van der Waals surface area contributed by atoms with E-state index in [1.165, 1.54) is 0 Å². The topological polar surface area (TPSA) is 61.7 Å². The van der Waals surface area contributed by atoms with Gasteiger partial charge in [0.1, 0.15) is 5.75 Å². The zero-order valence-electron chi connectivity index (χ0n) is 20.7. The second-order valence-corrected chi connectivity index (χ2v) is 8.53. The lowest BCUT2D eigenvalue weighted by Gasteiger charge is -2.18. The number of nitrogens with one attached hydrogen (secondary N) is 1. The molecule has 4 aromatic rings. The number of fused-ring (bicyclic) bond motifs is 1. The van der Waals surface area contributed by atoms with Crippen molar-refractivity contribution in [2.24, 2.45) is 7.05 Å². The summed E-state index contributed by atoms with van der Waals surface area (Å²) in [5.74, 6) is 2.11. The molecule has 0 aliphatic rings. The number of carbonyl (C=O) groups is 1. The Morgan fingerprint density at radius 2 is 1.66 bits per heavy atom.